The summed E-state index contributed by atoms with van der Waals surface area (Å²) in [6.45, 7) is 3.14. The quantitative estimate of drug-likeness (QED) is 0.479. The van der Waals surface area contributed by atoms with Crippen LogP contribution in [-0.2, 0) is 17.8 Å². The minimum Gasteiger partial charge on any atom is -0.355 e. The lowest BCUT2D eigenvalue weighted by atomic mass is 10.0. The van der Waals surface area contributed by atoms with E-state index in [0.717, 1.165) is 36.2 Å². The molecule has 0 spiro atoms. The third kappa shape index (κ3) is 3.77. The predicted molar refractivity (Wildman–Crippen MR) is 114 cm³/mol. The molecular formula is C24H25N3O. The molecule has 0 fully saturated rings. The van der Waals surface area contributed by atoms with Crippen LogP contribution < -0.4 is 5.32 Å². The third-order valence-corrected chi connectivity index (χ3v) is 5.12. The molecule has 4 heteroatoms. The fourth-order valence-corrected chi connectivity index (χ4v) is 3.66. The van der Waals surface area contributed by atoms with Crippen molar-refractivity contribution in [1.82, 2.24) is 14.9 Å². The second kappa shape index (κ2) is 8.26. The van der Waals surface area contributed by atoms with Gasteiger partial charge in [0.1, 0.15) is 12.4 Å². The van der Waals surface area contributed by atoms with Crippen LogP contribution in [-0.4, -0.2) is 22.0 Å². The standard InChI is InChI=1S/C24H25N3O/c1-2-3-15-25-24(28)17-27-22-14-7-6-13-21(22)26-23(27)16-19-11-8-10-18-9-4-5-12-20(18)19/h4-14H,2-3,15-17H2,1H3,(H,25,28). The maximum Gasteiger partial charge on any atom is 0.240 e. The van der Waals surface area contributed by atoms with Crippen LogP contribution in [0.4, 0.5) is 0 Å². The van der Waals surface area contributed by atoms with Crippen LogP contribution in [0.25, 0.3) is 21.8 Å². The molecule has 0 radical (unpaired) electrons. The second-order valence-electron chi connectivity index (χ2n) is 7.12. The van der Waals surface area contributed by atoms with Gasteiger partial charge in [0.15, 0.2) is 0 Å². The number of carbonyl (C=O) groups excluding carboxylic acids is 1. The summed E-state index contributed by atoms with van der Waals surface area (Å²) in [7, 11) is 0. The summed E-state index contributed by atoms with van der Waals surface area (Å²) in [5, 5.41) is 5.47. The fraction of sp³-hybridized carbons (Fsp3) is 0.250. The first kappa shape index (κ1) is 18.2. The van der Waals surface area contributed by atoms with Gasteiger partial charge in [0.25, 0.3) is 0 Å². The van der Waals surface area contributed by atoms with E-state index in [4.69, 9.17) is 4.98 Å². The first-order valence-corrected chi connectivity index (χ1v) is 9.93. The van der Waals surface area contributed by atoms with E-state index in [1.54, 1.807) is 0 Å². The van der Waals surface area contributed by atoms with E-state index >= 15 is 0 Å². The normalized spacial score (nSPS) is 11.2. The molecule has 4 nitrogen and oxygen atoms in total. The number of imidazole rings is 1. The van der Waals surface area contributed by atoms with Crippen LogP contribution >= 0.6 is 0 Å². The maximum atomic E-state index is 12.5. The van der Waals surface area contributed by atoms with Crippen LogP contribution in [0.1, 0.15) is 31.2 Å². The van der Waals surface area contributed by atoms with Crippen molar-refractivity contribution < 1.29 is 4.79 Å². The number of benzene rings is 3. The lowest BCUT2D eigenvalue weighted by molar-refractivity contribution is -0.121. The SMILES string of the molecule is CCCCNC(=O)Cn1c(Cc2cccc3ccccc23)nc2ccccc21. The number of nitrogens with zero attached hydrogens (tertiary/aromatic N) is 2. The molecular weight excluding hydrogens is 346 g/mol. The predicted octanol–water partition coefficient (Wildman–Crippen LogP) is 4.70. The fourth-order valence-electron chi connectivity index (χ4n) is 3.66. The zero-order valence-corrected chi connectivity index (χ0v) is 16.2. The smallest absolute Gasteiger partial charge is 0.240 e. The number of carbonyl (C=O) groups is 1. The van der Waals surface area contributed by atoms with Crippen molar-refractivity contribution in [2.24, 2.45) is 0 Å². The molecule has 0 unspecified atom stereocenters. The molecule has 0 aliphatic heterocycles. The Morgan fingerprint density at radius 3 is 2.68 bits per heavy atom. The maximum absolute atomic E-state index is 12.5. The Morgan fingerprint density at radius 1 is 1.00 bits per heavy atom. The second-order valence-corrected chi connectivity index (χ2v) is 7.12. The van der Waals surface area contributed by atoms with Crippen LogP contribution in [0.5, 0.6) is 0 Å². The van der Waals surface area contributed by atoms with Crippen molar-refractivity contribution in [1.29, 1.82) is 0 Å². The van der Waals surface area contributed by atoms with Crippen LogP contribution in [0, 0.1) is 0 Å². The van der Waals surface area contributed by atoms with Gasteiger partial charge in [-0.3, -0.25) is 4.79 Å². The van der Waals surface area contributed by atoms with E-state index in [-0.39, 0.29) is 5.91 Å². The summed E-state index contributed by atoms with van der Waals surface area (Å²) < 4.78 is 2.05. The van der Waals surface area contributed by atoms with Crippen molar-refractivity contribution in [3.8, 4) is 0 Å². The van der Waals surface area contributed by atoms with E-state index in [1.807, 2.05) is 24.3 Å². The third-order valence-electron chi connectivity index (χ3n) is 5.12. The molecule has 1 N–H and O–H groups in total. The number of aromatic nitrogens is 2. The average Bonchev–Trinajstić information content (AvgIpc) is 3.06. The topological polar surface area (TPSA) is 46.9 Å². The van der Waals surface area contributed by atoms with Gasteiger partial charge in [0.2, 0.25) is 5.91 Å². The molecule has 4 aromatic rings. The van der Waals surface area contributed by atoms with Gasteiger partial charge in [-0.2, -0.15) is 0 Å². The van der Waals surface area contributed by atoms with Gasteiger partial charge in [0.05, 0.1) is 11.0 Å². The lowest BCUT2D eigenvalue weighted by Gasteiger charge is -2.11. The highest BCUT2D eigenvalue weighted by molar-refractivity contribution is 5.86. The Kier molecular flexibility index (Phi) is 5.38. The van der Waals surface area contributed by atoms with Gasteiger partial charge >= 0.3 is 0 Å². The highest BCUT2D eigenvalue weighted by Gasteiger charge is 2.14. The molecule has 4 rings (SSSR count). The van der Waals surface area contributed by atoms with Gasteiger partial charge < -0.3 is 9.88 Å². The Hall–Kier alpha value is -3.14. The Labute approximate surface area is 165 Å². The molecule has 3 aromatic carbocycles. The number of para-hydroxylation sites is 2. The van der Waals surface area contributed by atoms with Gasteiger partial charge in [0, 0.05) is 13.0 Å². The zero-order valence-electron chi connectivity index (χ0n) is 16.2. The van der Waals surface area contributed by atoms with E-state index in [0.29, 0.717) is 13.0 Å². The Bertz CT molecular complexity index is 1110. The summed E-state index contributed by atoms with van der Waals surface area (Å²) >= 11 is 0. The Balaban J connectivity index is 1.69. The van der Waals surface area contributed by atoms with Gasteiger partial charge in [-0.1, -0.05) is 67.9 Å². The van der Waals surface area contributed by atoms with Crippen molar-refractivity contribution in [2.75, 3.05) is 6.54 Å². The summed E-state index contributed by atoms with van der Waals surface area (Å²) in [4.78, 5) is 17.3. The summed E-state index contributed by atoms with van der Waals surface area (Å²) in [5.74, 6) is 0.957. The lowest BCUT2D eigenvalue weighted by Crippen LogP contribution is -2.29. The number of nitrogens with one attached hydrogen (secondary N) is 1. The molecule has 0 atom stereocenters. The molecule has 28 heavy (non-hydrogen) atoms. The van der Waals surface area contributed by atoms with Gasteiger partial charge in [-0.25, -0.2) is 4.98 Å². The highest BCUT2D eigenvalue weighted by atomic mass is 16.1. The summed E-state index contributed by atoms with van der Waals surface area (Å²) in [6.07, 6.45) is 2.76. The highest BCUT2D eigenvalue weighted by Crippen LogP contribution is 2.23. The van der Waals surface area contributed by atoms with Crippen LogP contribution in [0.3, 0.4) is 0 Å². The molecule has 0 aliphatic carbocycles. The van der Waals surface area contributed by atoms with Crippen LogP contribution in [0.2, 0.25) is 0 Å². The van der Waals surface area contributed by atoms with Gasteiger partial charge in [-0.05, 0) is 34.9 Å². The van der Waals surface area contributed by atoms with Gasteiger partial charge in [-0.15, -0.1) is 0 Å². The molecule has 0 saturated heterocycles. The first-order chi connectivity index (χ1) is 13.8. The van der Waals surface area contributed by atoms with E-state index < -0.39 is 0 Å². The summed E-state index contributed by atoms with van der Waals surface area (Å²) in [6, 6.07) is 22.8. The number of hydrogen-bond acceptors (Lipinski definition) is 2. The largest absolute Gasteiger partial charge is 0.355 e. The zero-order chi connectivity index (χ0) is 19.3. The van der Waals surface area contributed by atoms with Crippen LogP contribution in [0.15, 0.2) is 66.7 Å². The van der Waals surface area contributed by atoms with E-state index in [9.17, 15) is 4.79 Å². The molecule has 1 aromatic heterocycles. The number of hydrogen-bond donors (Lipinski definition) is 1. The van der Waals surface area contributed by atoms with E-state index in [2.05, 4.69) is 59.3 Å². The molecule has 1 amide bonds. The number of amides is 1. The van der Waals surface area contributed by atoms with E-state index in [1.165, 1.54) is 16.3 Å². The number of rotatable bonds is 7. The number of fused-ring (bicyclic) bond motifs is 2. The molecule has 0 saturated carbocycles. The molecule has 0 aliphatic rings. The minimum absolute atomic E-state index is 0.0378. The number of unbranched alkanes of at least 4 members (excludes halogenated alkanes) is 1. The average molecular weight is 371 g/mol. The Morgan fingerprint density at radius 2 is 1.79 bits per heavy atom. The van der Waals surface area contributed by atoms with Crippen molar-refractivity contribution in [2.45, 2.75) is 32.7 Å². The monoisotopic (exact) mass is 371 g/mol. The summed E-state index contributed by atoms with van der Waals surface area (Å²) in [5.41, 5.74) is 3.16. The van der Waals surface area contributed by atoms with Crippen molar-refractivity contribution >= 4 is 27.7 Å². The van der Waals surface area contributed by atoms with Crippen molar-refractivity contribution in [3.05, 3.63) is 78.1 Å². The molecule has 1 heterocycles. The molecule has 142 valence electrons. The molecule has 0 bridgehead atoms. The first-order valence-electron chi connectivity index (χ1n) is 9.93. The minimum atomic E-state index is 0.0378. The van der Waals surface area contributed by atoms with Crippen molar-refractivity contribution in [3.63, 3.8) is 0 Å².